The van der Waals surface area contributed by atoms with Crippen LogP contribution in [0.1, 0.15) is 35.5 Å². The van der Waals surface area contributed by atoms with Crippen molar-refractivity contribution >= 4 is 31.9 Å². The molecule has 1 N–H and O–H groups in total. The van der Waals surface area contributed by atoms with Crippen LogP contribution in [-0.2, 0) is 13.0 Å². The number of aryl methyl sites for hydroxylation is 3. The largest absolute Gasteiger partial charge is 0.313 e. The third kappa shape index (κ3) is 3.58. The highest BCUT2D eigenvalue weighted by atomic mass is 79.9. The molecule has 1 atom stereocenters. The van der Waals surface area contributed by atoms with Crippen LogP contribution in [0.15, 0.2) is 27.1 Å². The van der Waals surface area contributed by atoms with Gasteiger partial charge in [-0.2, -0.15) is 5.10 Å². The van der Waals surface area contributed by atoms with Crippen LogP contribution in [0.2, 0.25) is 0 Å². The van der Waals surface area contributed by atoms with Gasteiger partial charge in [0, 0.05) is 23.5 Å². The molecule has 0 aliphatic heterocycles. The minimum Gasteiger partial charge on any atom is -0.313 e. The first-order valence-electron chi connectivity index (χ1n) is 7.13. The van der Waals surface area contributed by atoms with Gasteiger partial charge >= 0.3 is 0 Å². The fourth-order valence-electron chi connectivity index (χ4n) is 2.61. The van der Waals surface area contributed by atoms with E-state index in [2.05, 4.69) is 79.0 Å². The number of nitrogens with one attached hydrogen (secondary N) is 1. The second kappa shape index (κ2) is 7.07. The summed E-state index contributed by atoms with van der Waals surface area (Å²) in [6.45, 7) is 7.21. The molecule has 0 aliphatic rings. The van der Waals surface area contributed by atoms with E-state index in [0.29, 0.717) is 0 Å². The highest BCUT2D eigenvalue weighted by Crippen LogP contribution is 2.29. The Bertz CT molecular complexity index is 635. The molecule has 0 spiro atoms. The molecular weight excluding hydrogens is 394 g/mol. The number of hydrogen-bond acceptors (Lipinski definition) is 2. The Hall–Kier alpha value is -0.650. The van der Waals surface area contributed by atoms with Gasteiger partial charge in [-0.25, -0.2) is 0 Å². The van der Waals surface area contributed by atoms with Crippen molar-refractivity contribution in [1.29, 1.82) is 0 Å². The van der Waals surface area contributed by atoms with Gasteiger partial charge in [0.15, 0.2) is 0 Å². The van der Waals surface area contributed by atoms with Crippen LogP contribution in [0.5, 0.6) is 0 Å². The van der Waals surface area contributed by atoms with Crippen molar-refractivity contribution in [1.82, 2.24) is 15.1 Å². The molecule has 1 aromatic carbocycles. The molecule has 2 aromatic rings. The third-order valence-electron chi connectivity index (χ3n) is 3.82. The fourth-order valence-corrected chi connectivity index (χ4v) is 3.44. The summed E-state index contributed by atoms with van der Waals surface area (Å²) in [5.41, 5.74) is 4.91. The lowest BCUT2D eigenvalue weighted by Gasteiger charge is -2.20. The van der Waals surface area contributed by atoms with Crippen molar-refractivity contribution in [3.8, 4) is 0 Å². The second-order valence-corrected chi connectivity index (χ2v) is 6.92. The van der Waals surface area contributed by atoms with Crippen molar-refractivity contribution in [2.75, 3.05) is 7.05 Å². The number of hydrogen-bond donors (Lipinski definition) is 1. The zero-order valence-electron chi connectivity index (χ0n) is 12.9. The van der Waals surface area contributed by atoms with E-state index in [1.54, 1.807) is 0 Å². The normalized spacial score (nSPS) is 12.7. The number of rotatable bonds is 5. The maximum Gasteiger partial charge on any atom is 0.0738 e. The quantitative estimate of drug-likeness (QED) is 0.777. The Morgan fingerprint density at radius 3 is 2.62 bits per heavy atom. The minimum absolute atomic E-state index is 0.264. The summed E-state index contributed by atoms with van der Waals surface area (Å²) < 4.78 is 4.32. The van der Waals surface area contributed by atoms with E-state index < -0.39 is 0 Å². The van der Waals surface area contributed by atoms with Gasteiger partial charge in [0.25, 0.3) is 0 Å². The molecule has 2 rings (SSSR count). The Kier molecular flexibility index (Phi) is 5.63. The lowest BCUT2D eigenvalue weighted by molar-refractivity contribution is 0.538. The molecular formula is C16H21Br2N3. The average Bonchev–Trinajstić information content (AvgIpc) is 2.74. The van der Waals surface area contributed by atoms with Gasteiger partial charge in [-0.15, -0.1) is 0 Å². The molecule has 1 heterocycles. The van der Waals surface area contributed by atoms with Crippen LogP contribution in [0.25, 0.3) is 0 Å². The number of halogens is 2. The van der Waals surface area contributed by atoms with Crippen molar-refractivity contribution in [2.24, 2.45) is 0 Å². The molecule has 3 nitrogen and oxygen atoms in total. The molecule has 0 amide bonds. The highest BCUT2D eigenvalue weighted by Gasteiger charge is 2.19. The summed E-state index contributed by atoms with van der Waals surface area (Å²) in [7, 11) is 2.01. The van der Waals surface area contributed by atoms with Crippen molar-refractivity contribution in [3.05, 3.63) is 49.7 Å². The second-order valence-electron chi connectivity index (χ2n) is 5.21. The maximum atomic E-state index is 4.58. The first-order valence-corrected chi connectivity index (χ1v) is 8.71. The van der Waals surface area contributed by atoms with Crippen molar-refractivity contribution in [3.63, 3.8) is 0 Å². The van der Waals surface area contributed by atoms with Gasteiger partial charge in [-0.1, -0.05) is 22.0 Å². The van der Waals surface area contributed by atoms with E-state index in [1.165, 1.54) is 16.8 Å². The van der Waals surface area contributed by atoms with Crippen LogP contribution < -0.4 is 5.32 Å². The van der Waals surface area contributed by atoms with Gasteiger partial charge in [0.05, 0.1) is 15.9 Å². The molecule has 0 fully saturated rings. The Morgan fingerprint density at radius 2 is 2.00 bits per heavy atom. The number of aromatic nitrogens is 2. The highest BCUT2D eigenvalue weighted by molar-refractivity contribution is 9.10. The minimum atomic E-state index is 0.264. The van der Waals surface area contributed by atoms with Crippen LogP contribution >= 0.6 is 31.9 Å². The fraction of sp³-hybridized carbons (Fsp3) is 0.438. The van der Waals surface area contributed by atoms with E-state index in [4.69, 9.17) is 0 Å². The lowest BCUT2D eigenvalue weighted by Crippen LogP contribution is -2.21. The summed E-state index contributed by atoms with van der Waals surface area (Å²) in [6.07, 6.45) is 0.906. The molecule has 0 saturated heterocycles. The van der Waals surface area contributed by atoms with Crippen LogP contribution in [0.3, 0.4) is 0 Å². The SMILES string of the molecule is CCn1nc(C)c(Br)c1CC(NC)c1cc(Br)ccc1C. The van der Waals surface area contributed by atoms with Gasteiger partial charge < -0.3 is 5.32 Å². The molecule has 114 valence electrons. The molecule has 0 saturated carbocycles. The predicted molar refractivity (Wildman–Crippen MR) is 94.7 cm³/mol. The first-order chi connectivity index (χ1) is 9.97. The Labute approximate surface area is 143 Å². The topological polar surface area (TPSA) is 29.9 Å². The van der Waals surface area contributed by atoms with Gasteiger partial charge in [0.1, 0.15) is 0 Å². The van der Waals surface area contributed by atoms with E-state index in [1.807, 2.05) is 14.0 Å². The van der Waals surface area contributed by atoms with Crippen LogP contribution in [0.4, 0.5) is 0 Å². The van der Waals surface area contributed by atoms with Crippen LogP contribution in [0, 0.1) is 13.8 Å². The maximum absolute atomic E-state index is 4.58. The van der Waals surface area contributed by atoms with E-state index in [0.717, 1.165) is 27.6 Å². The molecule has 21 heavy (non-hydrogen) atoms. The molecule has 5 heteroatoms. The number of likely N-dealkylation sites (N-methyl/N-ethyl adjacent to an activating group) is 1. The summed E-state index contributed by atoms with van der Waals surface area (Å²) in [6, 6.07) is 6.70. The third-order valence-corrected chi connectivity index (χ3v) is 5.34. The number of benzene rings is 1. The van der Waals surface area contributed by atoms with E-state index in [9.17, 15) is 0 Å². The standard InChI is InChI=1S/C16H21Br2N3/c1-5-21-15(16(18)11(3)20-21)9-14(19-4)13-8-12(17)7-6-10(13)2/h6-8,14,19H,5,9H2,1-4H3. The zero-order chi connectivity index (χ0) is 15.6. The lowest BCUT2D eigenvalue weighted by atomic mass is 9.97. The van der Waals surface area contributed by atoms with Crippen LogP contribution in [-0.4, -0.2) is 16.8 Å². The Balaban J connectivity index is 2.38. The molecule has 1 aromatic heterocycles. The van der Waals surface area contributed by atoms with Gasteiger partial charge in [0.2, 0.25) is 0 Å². The summed E-state index contributed by atoms with van der Waals surface area (Å²) in [4.78, 5) is 0. The molecule has 1 unspecified atom stereocenters. The summed E-state index contributed by atoms with van der Waals surface area (Å²) in [5, 5.41) is 8.02. The molecule has 0 aliphatic carbocycles. The first kappa shape index (κ1) is 16.7. The smallest absolute Gasteiger partial charge is 0.0738 e. The van der Waals surface area contributed by atoms with E-state index in [-0.39, 0.29) is 6.04 Å². The zero-order valence-corrected chi connectivity index (χ0v) is 16.0. The van der Waals surface area contributed by atoms with Crippen molar-refractivity contribution in [2.45, 2.75) is 39.8 Å². The van der Waals surface area contributed by atoms with Gasteiger partial charge in [-0.3, -0.25) is 4.68 Å². The monoisotopic (exact) mass is 413 g/mol. The average molecular weight is 415 g/mol. The molecule has 0 bridgehead atoms. The van der Waals surface area contributed by atoms with Crippen molar-refractivity contribution < 1.29 is 0 Å². The predicted octanol–water partition coefficient (Wildman–Crippen LogP) is 4.55. The summed E-state index contributed by atoms with van der Waals surface area (Å²) >= 11 is 7.26. The summed E-state index contributed by atoms with van der Waals surface area (Å²) in [5.74, 6) is 0. The van der Waals surface area contributed by atoms with Gasteiger partial charge in [-0.05, 0) is 67.0 Å². The van der Waals surface area contributed by atoms with E-state index >= 15 is 0 Å². The Morgan fingerprint density at radius 1 is 1.29 bits per heavy atom. The molecule has 0 radical (unpaired) electrons. The number of nitrogens with zero attached hydrogens (tertiary/aromatic N) is 2.